The van der Waals surface area contributed by atoms with Crippen LogP contribution in [0.25, 0.3) is 20.8 Å². The maximum absolute atomic E-state index is 12.4. The number of nitrogens with zero attached hydrogens (tertiary/aromatic N) is 1. The normalized spacial score (nSPS) is 11.5. The Hall–Kier alpha value is -3.07. The predicted molar refractivity (Wildman–Crippen MR) is 115 cm³/mol. The average Bonchev–Trinajstić information content (AvgIpc) is 3.12. The van der Waals surface area contributed by atoms with Gasteiger partial charge in [-0.25, -0.2) is 18.5 Å². The Kier molecular flexibility index (Phi) is 5.14. The van der Waals surface area contributed by atoms with E-state index in [1.165, 1.54) is 12.1 Å². The summed E-state index contributed by atoms with van der Waals surface area (Å²) in [6.45, 7) is 0. The van der Waals surface area contributed by atoms with E-state index in [1.807, 2.05) is 48.5 Å². The van der Waals surface area contributed by atoms with Crippen molar-refractivity contribution in [3.63, 3.8) is 0 Å². The Labute approximate surface area is 172 Å². The molecule has 0 fully saturated rings. The monoisotopic (exact) mass is 423 g/mol. The number of thiazole rings is 1. The van der Waals surface area contributed by atoms with Gasteiger partial charge in [-0.1, -0.05) is 36.4 Å². The molecule has 29 heavy (non-hydrogen) atoms. The molecule has 6 nitrogen and oxygen atoms in total. The zero-order valence-corrected chi connectivity index (χ0v) is 16.8. The molecule has 0 bridgehead atoms. The summed E-state index contributed by atoms with van der Waals surface area (Å²) in [4.78, 5) is 17.0. The van der Waals surface area contributed by atoms with E-state index in [0.717, 1.165) is 20.8 Å². The topological polar surface area (TPSA) is 102 Å². The number of aromatic nitrogens is 1. The van der Waals surface area contributed by atoms with Crippen molar-refractivity contribution in [3.8, 4) is 10.6 Å². The summed E-state index contributed by atoms with van der Waals surface area (Å²) in [5.41, 5.74) is 3.25. The maximum atomic E-state index is 12.4. The number of nitrogens with one attached hydrogen (secondary N) is 1. The average molecular weight is 424 g/mol. The lowest BCUT2D eigenvalue weighted by atomic mass is 10.1. The first kappa shape index (κ1) is 19.3. The van der Waals surface area contributed by atoms with Gasteiger partial charge in [0.2, 0.25) is 15.9 Å². The second-order valence-electron chi connectivity index (χ2n) is 6.48. The SMILES string of the molecule is NS(=O)(=O)c1ccc(CC(=O)Nc2cccc(-c3nc4ccccc4s3)c2)cc1. The molecule has 0 atom stereocenters. The van der Waals surface area contributed by atoms with Crippen molar-refractivity contribution in [2.45, 2.75) is 11.3 Å². The number of benzene rings is 3. The zero-order chi connectivity index (χ0) is 20.4. The summed E-state index contributed by atoms with van der Waals surface area (Å²) < 4.78 is 23.7. The van der Waals surface area contributed by atoms with Crippen molar-refractivity contribution in [3.05, 3.63) is 78.4 Å². The van der Waals surface area contributed by atoms with Gasteiger partial charge < -0.3 is 5.32 Å². The third-order valence-electron chi connectivity index (χ3n) is 4.30. The van der Waals surface area contributed by atoms with Crippen LogP contribution in [0.1, 0.15) is 5.56 Å². The molecule has 1 heterocycles. The van der Waals surface area contributed by atoms with Gasteiger partial charge in [-0.15, -0.1) is 11.3 Å². The van der Waals surface area contributed by atoms with Gasteiger partial charge in [0.05, 0.1) is 21.5 Å². The van der Waals surface area contributed by atoms with E-state index < -0.39 is 10.0 Å². The number of anilines is 1. The third kappa shape index (κ3) is 4.51. The van der Waals surface area contributed by atoms with Crippen molar-refractivity contribution < 1.29 is 13.2 Å². The Bertz CT molecular complexity index is 1260. The van der Waals surface area contributed by atoms with Gasteiger partial charge in [0.15, 0.2) is 0 Å². The van der Waals surface area contributed by atoms with Gasteiger partial charge >= 0.3 is 0 Å². The molecule has 8 heteroatoms. The number of rotatable bonds is 5. The minimum Gasteiger partial charge on any atom is -0.326 e. The molecule has 3 aromatic carbocycles. The lowest BCUT2D eigenvalue weighted by molar-refractivity contribution is -0.115. The predicted octanol–water partition coefficient (Wildman–Crippen LogP) is 3.79. The molecule has 4 aromatic rings. The number of para-hydroxylation sites is 1. The maximum Gasteiger partial charge on any atom is 0.238 e. The van der Waals surface area contributed by atoms with Crippen LogP contribution in [-0.4, -0.2) is 19.3 Å². The highest BCUT2D eigenvalue weighted by Crippen LogP contribution is 2.31. The van der Waals surface area contributed by atoms with Crippen molar-refractivity contribution in [2.24, 2.45) is 5.14 Å². The first-order valence-corrected chi connectivity index (χ1v) is 11.1. The number of hydrogen-bond donors (Lipinski definition) is 2. The van der Waals surface area contributed by atoms with Crippen LogP contribution in [0.4, 0.5) is 5.69 Å². The highest BCUT2D eigenvalue weighted by molar-refractivity contribution is 7.89. The largest absolute Gasteiger partial charge is 0.326 e. The van der Waals surface area contributed by atoms with Crippen molar-refractivity contribution in [1.29, 1.82) is 0 Å². The quantitative estimate of drug-likeness (QED) is 0.510. The van der Waals surface area contributed by atoms with Gasteiger partial charge in [-0.05, 0) is 42.0 Å². The lowest BCUT2D eigenvalue weighted by Gasteiger charge is -2.07. The Morgan fingerprint density at radius 1 is 1.00 bits per heavy atom. The molecule has 0 saturated heterocycles. The van der Waals surface area contributed by atoms with E-state index in [9.17, 15) is 13.2 Å². The summed E-state index contributed by atoms with van der Waals surface area (Å²) in [7, 11) is -3.74. The van der Waals surface area contributed by atoms with Crippen molar-refractivity contribution in [1.82, 2.24) is 4.98 Å². The van der Waals surface area contributed by atoms with Crippen LogP contribution in [0.5, 0.6) is 0 Å². The van der Waals surface area contributed by atoms with Crippen LogP contribution >= 0.6 is 11.3 Å². The molecule has 0 radical (unpaired) electrons. The molecule has 0 unspecified atom stereocenters. The molecule has 0 spiro atoms. The molecule has 3 N–H and O–H groups in total. The van der Waals surface area contributed by atoms with Crippen LogP contribution in [-0.2, 0) is 21.2 Å². The molecule has 0 aliphatic carbocycles. The molecule has 146 valence electrons. The lowest BCUT2D eigenvalue weighted by Crippen LogP contribution is -2.15. The van der Waals surface area contributed by atoms with Gasteiger partial charge in [0.25, 0.3) is 0 Å². The van der Waals surface area contributed by atoms with Gasteiger partial charge in [0.1, 0.15) is 5.01 Å². The number of fused-ring (bicyclic) bond motifs is 1. The Balaban J connectivity index is 1.48. The van der Waals surface area contributed by atoms with Crippen LogP contribution in [0.15, 0.2) is 77.7 Å². The van der Waals surface area contributed by atoms with Gasteiger partial charge in [-0.3, -0.25) is 4.79 Å². The number of nitrogens with two attached hydrogens (primary N) is 1. The number of hydrogen-bond acceptors (Lipinski definition) is 5. The summed E-state index contributed by atoms with van der Waals surface area (Å²) in [5.74, 6) is -0.199. The molecule has 0 aliphatic heterocycles. The Morgan fingerprint density at radius 3 is 2.48 bits per heavy atom. The highest BCUT2D eigenvalue weighted by atomic mass is 32.2. The van der Waals surface area contributed by atoms with E-state index in [-0.39, 0.29) is 17.2 Å². The van der Waals surface area contributed by atoms with Crippen LogP contribution < -0.4 is 10.5 Å². The van der Waals surface area contributed by atoms with E-state index >= 15 is 0 Å². The summed E-state index contributed by atoms with van der Waals surface area (Å²) in [5, 5.41) is 8.85. The molecular weight excluding hydrogens is 406 g/mol. The summed E-state index contributed by atoms with van der Waals surface area (Å²) in [6, 6.07) is 21.4. The van der Waals surface area contributed by atoms with E-state index in [1.54, 1.807) is 23.5 Å². The van der Waals surface area contributed by atoms with E-state index in [0.29, 0.717) is 11.3 Å². The summed E-state index contributed by atoms with van der Waals surface area (Å²) >= 11 is 1.60. The number of primary sulfonamides is 1. The standard InChI is InChI=1S/C21H17N3O3S2/c22-29(26,27)17-10-8-14(9-11-17)12-20(25)23-16-5-3-4-15(13-16)21-24-18-6-1-2-7-19(18)28-21/h1-11,13H,12H2,(H,23,25)(H2,22,26,27). The third-order valence-corrected chi connectivity index (χ3v) is 6.32. The first-order valence-electron chi connectivity index (χ1n) is 8.76. The molecular formula is C21H17N3O3S2. The summed E-state index contributed by atoms with van der Waals surface area (Å²) in [6.07, 6.45) is 0.121. The van der Waals surface area contributed by atoms with Crippen molar-refractivity contribution >= 4 is 43.2 Å². The first-order chi connectivity index (χ1) is 13.9. The minimum atomic E-state index is -3.74. The second kappa shape index (κ2) is 7.75. The number of sulfonamides is 1. The van der Waals surface area contributed by atoms with Gasteiger partial charge in [-0.2, -0.15) is 0 Å². The molecule has 0 aliphatic rings. The smallest absolute Gasteiger partial charge is 0.238 e. The zero-order valence-electron chi connectivity index (χ0n) is 15.2. The van der Waals surface area contributed by atoms with E-state index in [4.69, 9.17) is 5.14 Å². The minimum absolute atomic E-state index is 0.0187. The molecule has 4 rings (SSSR count). The Morgan fingerprint density at radius 2 is 1.76 bits per heavy atom. The number of carbonyl (C=O) groups is 1. The van der Waals surface area contributed by atoms with Crippen LogP contribution in [0.2, 0.25) is 0 Å². The van der Waals surface area contributed by atoms with Crippen LogP contribution in [0, 0.1) is 0 Å². The fraction of sp³-hybridized carbons (Fsp3) is 0.0476. The number of carbonyl (C=O) groups excluding carboxylic acids is 1. The van der Waals surface area contributed by atoms with Crippen molar-refractivity contribution in [2.75, 3.05) is 5.32 Å². The number of amides is 1. The second-order valence-corrected chi connectivity index (χ2v) is 9.07. The fourth-order valence-corrected chi connectivity index (χ4v) is 4.39. The molecule has 1 aromatic heterocycles. The van der Waals surface area contributed by atoms with Gasteiger partial charge in [0, 0.05) is 11.3 Å². The van der Waals surface area contributed by atoms with E-state index in [2.05, 4.69) is 10.3 Å². The molecule has 0 saturated carbocycles. The van der Waals surface area contributed by atoms with Crippen LogP contribution in [0.3, 0.4) is 0 Å². The highest BCUT2D eigenvalue weighted by Gasteiger charge is 2.10. The fourth-order valence-electron chi connectivity index (χ4n) is 2.91. The molecule has 1 amide bonds.